The smallest absolute Gasteiger partial charge is 0.291 e. The third kappa shape index (κ3) is 1.91. The zero-order chi connectivity index (χ0) is 11.0. The molecule has 6 heteroatoms. The van der Waals surface area contributed by atoms with Crippen molar-refractivity contribution in [3.05, 3.63) is 31.4 Å². The summed E-state index contributed by atoms with van der Waals surface area (Å²) in [6, 6.07) is 3.66. The molecule has 0 bridgehead atoms. The fourth-order valence-corrected chi connectivity index (χ4v) is 1.93. The molecule has 4 nitrogen and oxygen atoms in total. The number of benzene rings is 1. The van der Waals surface area contributed by atoms with Crippen LogP contribution in [0.15, 0.2) is 25.9 Å². The van der Waals surface area contributed by atoms with Crippen molar-refractivity contribution in [1.29, 1.82) is 0 Å². The maximum absolute atomic E-state index is 11.5. The molecule has 2 N–H and O–H groups in total. The second-order valence-electron chi connectivity index (χ2n) is 2.95. The van der Waals surface area contributed by atoms with Crippen molar-refractivity contribution in [3.8, 4) is 0 Å². The fraction of sp³-hybridized carbons (Fsp3) is 0.111. The highest BCUT2D eigenvalue weighted by Crippen LogP contribution is 2.26. The van der Waals surface area contributed by atoms with E-state index in [-0.39, 0.29) is 5.56 Å². The molecule has 0 aliphatic carbocycles. The van der Waals surface area contributed by atoms with E-state index in [4.69, 9.17) is 0 Å². The van der Waals surface area contributed by atoms with E-state index in [1.807, 2.05) is 12.1 Å². The number of nitrogens with one attached hydrogen (secondary N) is 2. The van der Waals surface area contributed by atoms with Gasteiger partial charge in [-0.15, -0.1) is 0 Å². The average molecular weight is 333 g/mol. The summed E-state index contributed by atoms with van der Waals surface area (Å²) in [5, 5.41) is 2.74. The Morgan fingerprint density at radius 3 is 2.67 bits per heavy atom. The van der Waals surface area contributed by atoms with Crippen LogP contribution in [0.4, 0.5) is 5.82 Å². The summed E-state index contributed by atoms with van der Waals surface area (Å²) in [6.07, 6.45) is 0. The normalized spacial score (nSPS) is 10.6. The SMILES string of the molecule is CNc1nc2cc(Br)c(Br)cc2[nH]c1=O. The number of nitrogens with zero attached hydrogens (tertiary/aromatic N) is 1. The van der Waals surface area contributed by atoms with Crippen LogP contribution in [0.5, 0.6) is 0 Å². The first-order valence-electron chi connectivity index (χ1n) is 4.18. The maximum atomic E-state index is 11.5. The van der Waals surface area contributed by atoms with E-state index in [0.717, 1.165) is 14.5 Å². The van der Waals surface area contributed by atoms with Gasteiger partial charge in [0, 0.05) is 16.0 Å². The summed E-state index contributed by atoms with van der Waals surface area (Å²) in [4.78, 5) is 18.4. The fourth-order valence-electron chi connectivity index (χ4n) is 1.25. The minimum absolute atomic E-state index is 0.223. The van der Waals surface area contributed by atoms with Gasteiger partial charge in [-0.05, 0) is 44.0 Å². The van der Waals surface area contributed by atoms with Gasteiger partial charge >= 0.3 is 0 Å². The number of hydrogen-bond acceptors (Lipinski definition) is 3. The van der Waals surface area contributed by atoms with Gasteiger partial charge in [0.2, 0.25) is 0 Å². The van der Waals surface area contributed by atoms with Crippen LogP contribution in [-0.2, 0) is 0 Å². The molecule has 0 saturated carbocycles. The molecule has 0 radical (unpaired) electrons. The van der Waals surface area contributed by atoms with E-state index < -0.39 is 0 Å². The number of rotatable bonds is 1. The molecular weight excluding hydrogens is 326 g/mol. The van der Waals surface area contributed by atoms with Crippen molar-refractivity contribution in [2.45, 2.75) is 0 Å². The number of aromatic amines is 1. The highest BCUT2D eigenvalue weighted by atomic mass is 79.9. The number of hydrogen-bond donors (Lipinski definition) is 2. The topological polar surface area (TPSA) is 57.8 Å². The predicted octanol–water partition coefficient (Wildman–Crippen LogP) is 2.49. The molecule has 0 saturated heterocycles. The van der Waals surface area contributed by atoms with Gasteiger partial charge < -0.3 is 10.3 Å². The van der Waals surface area contributed by atoms with Crippen LogP contribution >= 0.6 is 31.9 Å². The van der Waals surface area contributed by atoms with E-state index in [1.54, 1.807) is 7.05 Å². The second kappa shape index (κ2) is 3.94. The molecule has 0 aliphatic heterocycles. The largest absolute Gasteiger partial charge is 0.369 e. The summed E-state index contributed by atoms with van der Waals surface area (Å²) < 4.78 is 1.78. The van der Waals surface area contributed by atoms with Gasteiger partial charge in [-0.3, -0.25) is 4.79 Å². The van der Waals surface area contributed by atoms with Crippen molar-refractivity contribution in [3.63, 3.8) is 0 Å². The van der Waals surface area contributed by atoms with Gasteiger partial charge in [0.05, 0.1) is 11.0 Å². The highest BCUT2D eigenvalue weighted by molar-refractivity contribution is 9.13. The molecule has 0 atom stereocenters. The summed E-state index contributed by atoms with van der Waals surface area (Å²) in [5.41, 5.74) is 1.21. The van der Waals surface area contributed by atoms with Crippen molar-refractivity contribution >= 4 is 48.7 Å². The lowest BCUT2D eigenvalue weighted by Gasteiger charge is -2.03. The zero-order valence-corrected chi connectivity index (χ0v) is 10.9. The second-order valence-corrected chi connectivity index (χ2v) is 4.66. The Labute approximate surface area is 102 Å². The lowest BCUT2D eigenvalue weighted by molar-refractivity contribution is 1.20. The number of aromatic nitrogens is 2. The first-order valence-corrected chi connectivity index (χ1v) is 5.77. The standard InChI is InChI=1S/C9H7Br2N3O/c1-12-8-9(15)14-7-3-5(11)4(10)2-6(7)13-8/h2-3H,1H3,(H,12,13)(H,14,15). The molecule has 78 valence electrons. The Morgan fingerprint density at radius 2 is 2.00 bits per heavy atom. The molecule has 0 aliphatic rings. The molecule has 2 aromatic rings. The van der Waals surface area contributed by atoms with Crippen LogP contribution in [0.25, 0.3) is 11.0 Å². The molecule has 2 rings (SSSR count). The quantitative estimate of drug-likeness (QED) is 0.843. The molecule has 0 fully saturated rings. The van der Waals surface area contributed by atoms with E-state index in [1.165, 1.54) is 0 Å². The number of anilines is 1. The van der Waals surface area contributed by atoms with Crippen LogP contribution in [0.1, 0.15) is 0 Å². The molecular formula is C9H7Br2N3O. The van der Waals surface area contributed by atoms with Gasteiger partial charge in [0.15, 0.2) is 5.82 Å². The first kappa shape index (κ1) is 10.6. The van der Waals surface area contributed by atoms with Crippen LogP contribution < -0.4 is 10.9 Å². The van der Waals surface area contributed by atoms with Gasteiger partial charge in [0.1, 0.15) is 0 Å². The first-order chi connectivity index (χ1) is 7.11. The highest BCUT2D eigenvalue weighted by Gasteiger charge is 2.05. The average Bonchev–Trinajstić information content (AvgIpc) is 2.20. The number of H-pyrrole nitrogens is 1. The van der Waals surface area contributed by atoms with Crippen molar-refractivity contribution < 1.29 is 0 Å². The number of fused-ring (bicyclic) bond motifs is 1. The third-order valence-corrected chi connectivity index (χ3v) is 3.82. The van der Waals surface area contributed by atoms with E-state index in [0.29, 0.717) is 11.3 Å². The Kier molecular flexibility index (Phi) is 2.79. The Balaban J connectivity index is 2.82. The van der Waals surface area contributed by atoms with Crippen molar-refractivity contribution in [1.82, 2.24) is 9.97 Å². The third-order valence-electron chi connectivity index (χ3n) is 1.97. The van der Waals surface area contributed by atoms with E-state index in [9.17, 15) is 4.79 Å². The van der Waals surface area contributed by atoms with Gasteiger partial charge in [-0.1, -0.05) is 0 Å². The number of halogens is 2. The summed E-state index contributed by atoms with van der Waals surface area (Å²) in [6.45, 7) is 0. The summed E-state index contributed by atoms with van der Waals surface area (Å²) in [7, 11) is 1.66. The minimum atomic E-state index is -0.223. The Morgan fingerprint density at radius 1 is 1.33 bits per heavy atom. The lowest BCUT2D eigenvalue weighted by Crippen LogP contribution is -2.13. The molecule has 1 aromatic carbocycles. The van der Waals surface area contributed by atoms with E-state index in [2.05, 4.69) is 47.1 Å². The van der Waals surface area contributed by atoms with Crippen molar-refractivity contribution in [2.24, 2.45) is 0 Å². The molecule has 1 heterocycles. The summed E-state index contributed by atoms with van der Waals surface area (Å²) in [5.74, 6) is 0.316. The van der Waals surface area contributed by atoms with Crippen LogP contribution in [0.3, 0.4) is 0 Å². The van der Waals surface area contributed by atoms with Gasteiger partial charge in [0.25, 0.3) is 5.56 Å². The molecule has 0 unspecified atom stereocenters. The summed E-state index contributed by atoms with van der Waals surface area (Å²) >= 11 is 6.75. The monoisotopic (exact) mass is 331 g/mol. The Bertz CT molecular complexity index is 579. The molecule has 1 aromatic heterocycles. The molecule has 0 amide bonds. The predicted molar refractivity (Wildman–Crippen MR) is 67.3 cm³/mol. The lowest BCUT2D eigenvalue weighted by atomic mass is 10.3. The van der Waals surface area contributed by atoms with Crippen LogP contribution in [0.2, 0.25) is 0 Å². The van der Waals surface area contributed by atoms with Crippen LogP contribution in [0, 0.1) is 0 Å². The van der Waals surface area contributed by atoms with Gasteiger partial charge in [-0.25, -0.2) is 4.98 Å². The maximum Gasteiger partial charge on any atom is 0.291 e. The van der Waals surface area contributed by atoms with Gasteiger partial charge in [-0.2, -0.15) is 0 Å². The van der Waals surface area contributed by atoms with E-state index >= 15 is 0 Å². The Hall–Kier alpha value is -0.880. The zero-order valence-electron chi connectivity index (χ0n) is 7.77. The van der Waals surface area contributed by atoms with Crippen LogP contribution in [-0.4, -0.2) is 17.0 Å². The minimum Gasteiger partial charge on any atom is -0.369 e. The molecule has 0 spiro atoms. The van der Waals surface area contributed by atoms with Crippen molar-refractivity contribution in [2.75, 3.05) is 12.4 Å². The molecule has 15 heavy (non-hydrogen) atoms.